The lowest BCUT2D eigenvalue weighted by molar-refractivity contribution is -0.137. The lowest BCUT2D eigenvalue weighted by atomic mass is 9.84. The fourth-order valence-electron chi connectivity index (χ4n) is 8.24. The first kappa shape index (κ1) is 34.2. The van der Waals surface area contributed by atoms with Gasteiger partial charge in [0, 0.05) is 29.2 Å². The van der Waals surface area contributed by atoms with Crippen molar-refractivity contribution < 1.29 is 31.1 Å². The van der Waals surface area contributed by atoms with Crippen LogP contribution < -0.4 is 4.74 Å². The van der Waals surface area contributed by atoms with E-state index in [-0.39, 0.29) is 17.2 Å². The van der Waals surface area contributed by atoms with Gasteiger partial charge in [-0.2, -0.15) is 26.3 Å². The van der Waals surface area contributed by atoms with Crippen molar-refractivity contribution >= 4 is 21.8 Å². The van der Waals surface area contributed by atoms with E-state index < -0.39 is 29.0 Å². The number of hydrogen-bond acceptors (Lipinski definition) is 3. The largest absolute Gasteiger partial charge is 0.439 e. The molecule has 0 bridgehead atoms. The Kier molecular flexibility index (Phi) is 8.74. The third-order valence-electron chi connectivity index (χ3n) is 10.8. The molecule has 3 aromatic heterocycles. The van der Waals surface area contributed by atoms with Gasteiger partial charge in [-0.25, -0.2) is 9.97 Å². The SMILES string of the molecule is Cc1ccc2c(c1)c1cc(C(F)(F)F)c(-c3cc(Oc4cc(C5CCCCC5)ccn4)cc(C(F)(F)F)c3)cc1n2-c1cc(C2CCCC2)ccn1. The number of hydrogen-bond donors (Lipinski definition) is 0. The maximum atomic E-state index is 15.0. The quantitative estimate of drug-likeness (QED) is 0.161. The molecule has 0 saturated heterocycles. The van der Waals surface area contributed by atoms with Gasteiger partial charge in [0.05, 0.1) is 22.2 Å². The van der Waals surface area contributed by atoms with Crippen LogP contribution in [0.5, 0.6) is 11.6 Å². The summed E-state index contributed by atoms with van der Waals surface area (Å²) in [5.74, 6) is 1.03. The Hall–Kier alpha value is -4.86. The van der Waals surface area contributed by atoms with Crippen LogP contribution in [0, 0.1) is 6.92 Å². The Balaban J connectivity index is 1.32. The highest BCUT2D eigenvalue weighted by molar-refractivity contribution is 6.11. The maximum absolute atomic E-state index is 15.0. The van der Waals surface area contributed by atoms with Gasteiger partial charge < -0.3 is 4.74 Å². The number of aromatic nitrogens is 3. The van der Waals surface area contributed by atoms with Gasteiger partial charge >= 0.3 is 12.4 Å². The molecule has 0 spiro atoms. The van der Waals surface area contributed by atoms with Crippen LogP contribution >= 0.6 is 0 Å². The zero-order valence-corrected chi connectivity index (χ0v) is 28.6. The van der Waals surface area contributed by atoms with Crippen LogP contribution in [-0.4, -0.2) is 14.5 Å². The van der Waals surface area contributed by atoms with E-state index in [0.29, 0.717) is 39.5 Å². The van der Waals surface area contributed by atoms with E-state index >= 15 is 13.2 Å². The summed E-state index contributed by atoms with van der Waals surface area (Å²) in [5.41, 5.74) is 1.16. The predicted molar refractivity (Wildman–Crippen MR) is 190 cm³/mol. The fraction of sp³-hybridized carbons (Fsp3) is 0.333. The summed E-state index contributed by atoms with van der Waals surface area (Å²) in [7, 11) is 0. The first-order valence-electron chi connectivity index (χ1n) is 17.9. The lowest BCUT2D eigenvalue weighted by Gasteiger charge is -2.22. The minimum absolute atomic E-state index is 0.0866. The topological polar surface area (TPSA) is 39.9 Å². The van der Waals surface area contributed by atoms with Crippen molar-refractivity contribution in [3.8, 4) is 28.6 Å². The van der Waals surface area contributed by atoms with Gasteiger partial charge in [0.15, 0.2) is 0 Å². The van der Waals surface area contributed by atoms with Gasteiger partial charge in [-0.05, 0) is 127 Å². The molecule has 2 fully saturated rings. The van der Waals surface area contributed by atoms with Crippen LogP contribution in [0.15, 0.2) is 85.2 Å². The fourth-order valence-corrected chi connectivity index (χ4v) is 8.24. The number of alkyl halides is 6. The van der Waals surface area contributed by atoms with Crippen LogP contribution in [-0.2, 0) is 12.4 Å². The van der Waals surface area contributed by atoms with E-state index in [9.17, 15) is 13.2 Å². The monoisotopic (exact) mass is 713 g/mol. The number of ether oxygens (including phenoxy) is 1. The molecule has 0 atom stereocenters. The number of pyridine rings is 2. The van der Waals surface area contributed by atoms with E-state index in [1.165, 1.54) is 12.1 Å². The molecule has 8 rings (SSSR count). The van der Waals surface area contributed by atoms with Crippen molar-refractivity contribution in [3.63, 3.8) is 0 Å². The third kappa shape index (κ3) is 6.63. The van der Waals surface area contributed by atoms with Gasteiger partial charge in [-0.15, -0.1) is 0 Å². The Morgan fingerprint density at radius 1 is 0.635 bits per heavy atom. The highest BCUT2D eigenvalue weighted by Crippen LogP contribution is 2.46. The number of fused-ring (bicyclic) bond motifs is 3. The van der Waals surface area contributed by atoms with E-state index in [1.807, 2.05) is 47.9 Å². The second-order valence-corrected chi connectivity index (χ2v) is 14.3. The number of benzene rings is 3. The molecule has 0 aliphatic heterocycles. The number of nitrogens with zero attached hydrogens (tertiary/aromatic N) is 3. The predicted octanol–water partition coefficient (Wildman–Crippen LogP) is 13.1. The molecule has 2 aliphatic rings. The Morgan fingerprint density at radius 3 is 1.98 bits per heavy atom. The van der Waals surface area contributed by atoms with Crippen molar-refractivity contribution in [1.29, 1.82) is 0 Å². The minimum atomic E-state index is -4.88. The molecule has 3 heterocycles. The van der Waals surface area contributed by atoms with Crippen LogP contribution in [0.3, 0.4) is 0 Å². The van der Waals surface area contributed by atoms with E-state index in [1.54, 1.807) is 18.5 Å². The molecule has 52 heavy (non-hydrogen) atoms. The molecule has 268 valence electrons. The zero-order chi connectivity index (χ0) is 36.2. The number of halogens is 6. The van der Waals surface area contributed by atoms with Gasteiger partial charge in [-0.3, -0.25) is 4.57 Å². The highest BCUT2D eigenvalue weighted by atomic mass is 19.4. The van der Waals surface area contributed by atoms with Crippen molar-refractivity contribution in [3.05, 3.63) is 113 Å². The summed E-state index contributed by atoms with van der Waals surface area (Å²) >= 11 is 0. The molecule has 0 radical (unpaired) electrons. The summed E-state index contributed by atoms with van der Waals surface area (Å²) in [4.78, 5) is 8.90. The molecular formula is C42H37F6N3O. The van der Waals surface area contributed by atoms with Gasteiger partial charge in [-0.1, -0.05) is 43.7 Å². The first-order chi connectivity index (χ1) is 24.9. The minimum Gasteiger partial charge on any atom is -0.439 e. The zero-order valence-electron chi connectivity index (χ0n) is 28.6. The molecule has 6 aromatic rings. The van der Waals surface area contributed by atoms with Gasteiger partial charge in [0.25, 0.3) is 0 Å². The van der Waals surface area contributed by atoms with Crippen molar-refractivity contribution in [2.24, 2.45) is 0 Å². The van der Waals surface area contributed by atoms with Crippen molar-refractivity contribution in [1.82, 2.24) is 14.5 Å². The number of aryl methyl sites for hydroxylation is 1. The average molecular weight is 714 g/mol. The van der Waals surface area contributed by atoms with Gasteiger partial charge in [0.2, 0.25) is 5.88 Å². The summed E-state index contributed by atoms with van der Waals surface area (Å²) < 4.78 is 96.1. The van der Waals surface area contributed by atoms with Crippen LogP contribution in [0.1, 0.15) is 97.4 Å². The number of rotatable bonds is 6. The van der Waals surface area contributed by atoms with E-state index in [2.05, 4.69) is 9.97 Å². The molecule has 0 unspecified atom stereocenters. The molecule has 0 amide bonds. The Bertz CT molecular complexity index is 2280. The van der Waals surface area contributed by atoms with E-state index in [0.717, 1.165) is 92.7 Å². The molecule has 3 aromatic carbocycles. The molecule has 4 nitrogen and oxygen atoms in total. The standard InChI is InChI=1S/C42H37F6N3O/c1-25-11-12-37-34(17-25)35-23-36(42(46,47)48)33(24-38(35)51(37)39-20-28(13-15-49-39)26-9-5-6-10-26)30-18-31(41(43,44)45)22-32(19-30)52-40-21-29(14-16-50-40)27-7-3-2-4-8-27/h11-24,26-27H,2-10H2,1H3. The lowest BCUT2D eigenvalue weighted by Crippen LogP contribution is -2.09. The summed E-state index contributed by atoms with van der Waals surface area (Å²) in [6.45, 7) is 1.87. The van der Waals surface area contributed by atoms with Crippen molar-refractivity contribution in [2.75, 3.05) is 0 Å². The normalized spacial score (nSPS) is 16.3. The second-order valence-electron chi connectivity index (χ2n) is 14.3. The molecule has 2 saturated carbocycles. The maximum Gasteiger partial charge on any atom is 0.417 e. The third-order valence-corrected chi connectivity index (χ3v) is 10.8. The average Bonchev–Trinajstić information content (AvgIpc) is 3.78. The van der Waals surface area contributed by atoms with Crippen LogP contribution in [0.2, 0.25) is 0 Å². The molecular weight excluding hydrogens is 676 g/mol. The smallest absolute Gasteiger partial charge is 0.417 e. The highest BCUT2D eigenvalue weighted by Gasteiger charge is 2.37. The molecule has 0 N–H and O–H groups in total. The Labute approximate surface area is 297 Å². The van der Waals surface area contributed by atoms with Crippen LogP contribution in [0.25, 0.3) is 38.8 Å². The summed E-state index contributed by atoms with van der Waals surface area (Å²) in [6.07, 6.45) is 3.23. The summed E-state index contributed by atoms with van der Waals surface area (Å²) in [6, 6.07) is 18.3. The second kappa shape index (κ2) is 13.3. The Morgan fingerprint density at radius 2 is 1.29 bits per heavy atom. The molecule has 2 aliphatic carbocycles. The first-order valence-corrected chi connectivity index (χ1v) is 17.9. The van der Waals surface area contributed by atoms with Crippen LogP contribution in [0.4, 0.5) is 26.3 Å². The van der Waals surface area contributed by atoms with Crippen molar-refractivity contribution in [2.45, 2.75) is 88.9 Å². The molecule has 10 heteroatoms. The van der Waals surface area contributed by atoms with E-state index in [4.69, 9.17) is 4.74 Å². The van der Waals surface area contributed by atoms with Gasteiger partial charge in [0.1, 0.15) is 11.6 Å². The summed E-state index contributed by atoms with van der Waals surface area (Å²) in [5, 5.41) is 0.923.